The predicted octanol–water partition coefficient (Wildman–Crippen LogP) is 2.54. The number of carbonyl (C=O) groups is 3. The average Bonchev–Trinajstić information content (AvgIpc) is 3.08. The van der Waals surface area contributed by atoms with Crippen LogP contribution < -0.4 is 16.0 Å². The van der Waals surface area contributed by atoms with Crippen molar-refractivity contribution in [2.24, 2.45) is 0 Å². The third-order valence-corrected chi connectivity index (χ3v) is 6.12. The highest BCUT2D eigenvalue weighted by Crippen LogP contribution is 2.31. The molecule has 0 aromatic heterocycles. The summed E-state index contributed by atoms with van der Waals surface area (Å²) in [6.45, 7) is 9.97. The van der Waals surface area contributed by atoms with Gasteiger partial charge in [-0.3, -0.25) is 9.59 Å². The highest BCUT2D eigenvalue weighted by molar-refractivity contribution is 8.01. The van der Waals surface area contributed by atoms with Crippen molar-refractivity contribution in [2.75, 3.05) is 31.6 Å². The summed E-state index contributed by atoms with van der Waals surface area (Å²) in [6, 6.07) is 6.17. The lowest BCUT2D eigenvalue weighted by Gasteiger charge is -2.18. The number of benzene rings is 1. The number of esters is 2. The van der Waals surface area contributed by atoms with Crippen molar-refractivity contribution in [3.63, 3.8) is 0 Å². The fourth-order valence-corrected chi connectivity index (χ4v) is 4.51. The van der Waals surface area contributed by atoms with E-state index in [1.165, 1.54) is 0 Å². The van der Waals surface area contributed by atoms with E-state index in [0.29, 0.717) is 10.8 Å². The highest BCUT2D eigenvalue weighted by atomic mass is 32.2. The number of carbonyl (C=O) groups excluding carboxylic acids is 3. The minimum atomic E-state index is -0.912. The topological polar surface area (TPSA) is 106 Å². The second kappa shape index (κ2) is 12.0. The van der Waals surface area contributed by atoms with Crippen molar-refractivity contribution < 1.29 is 23.9 Å². The van der Waals surface area contributed by atoms with Gasteiger partial charge in [-0.2, -0.15) is 0 Å². The molecule has 1 saturated heterocycles. The number of thioether (sulfide) groups is 1. The summed E-state index contributed by atoms with van der Waals surface area (Å²) in [7, 11) is 0. The highest BCUT2D eigenvalue weighted by Gasteiger charge is 2.30. The molecule has 0 bridgehead atoms. The SMILES string of the molecule is CCOC(=O)CC[C@H](NC(=O)c1ccc(NCC2CNC(C)(C)S2)cc1)C(=O)OCC. The number of rotatable bonds is 11. The van der Waals surface area contributed by atoms with E-state index in [0.717, 1.165) is 18.8 Å². The van der Waals surface area contributed by atoms with Crippen LogP contribution in [0.2, 0.25) is 0 Å². The monoisotopic (exact) mass is 451 g/mol. The van der Waals surface area contributed by atoms with Crippen LogP contribution in [0.5, 0.6) is 0 Å². The predicted molar refractivity (Wildman–Crippen MR) is 122 cm³/mol. The van der Waals surface area contributed by atoms with E-state index in [4.69, 9.17) is 9.47 Å². The minimum absolute atomic E-state index is 0.0191. The van der Waals surface area contributed by atoms with Gasteiger partial charge in [-0.05, 0) is 58.4 Å². The summed E-state index contributed by atoms with van der Waals surface area (Å²) in [5.41, 5.74) is 1.35. The first-order chi connectivity index (χ1) is 14.7. The van der Waals surface area contributed by atoms with Crippen LogP contribution in [0, 0.1) is 0 Å². The van der Waals surface area contributed by atoms with E-state index in [-0.39, 0.29) is 30.9 Å². The Kier molecular flexibility index (Phi) is 9.64. The van der Waals surface area contributed by atoms with Gasteiger partial charge in [-0.15, -0.1) is 11.8 Å². The lowest BCUT2D eigenvalue weighted by atomic mass is 10.1. The van der Waals surface area contributed by atoms with E-state index < -0.39 is 23.9 Å². The van der Waals surface area contributed by atoms with Crippen LogP contribution in [0.25, 0.3) is 0 Å². The first kappa shape index (κ1) is 25.0. The Morgan fingerprint density at radius 1 is 1.16 bits per heavy atom. The standard InChI is InChI=1S/C22H33N3O5S/c1-5-29-19(26)12-11-18(21(28)30-6-2)25-20(27)15-7-9-16(10-8-15)23-13-17-14-24-22(3,4)31-17/h7-10,17-18,23-24H,5-6,11-14H2,1-4H3,(H,25,27)/t17?,18-/m0/s1. The molecule has 31 heavy (non-hydrogen) atoms. The third-order valence-electron chi connectivity index (χ3n) is 4.72. The Labute approximate surface area is 188 Å². The number of hydrogen-bond acceptors (Lipinski definition) is 8. The molecule has 1 aromatic rings. The van der Waals surface area contributed by atoms with E-state index in [1.54, 1.807) is 26.0 Å². The van der Waals surface area contributed by atoms with Gasteiger partial charge < -0.3 is 25.4 Å². The van der Waals surface area contributed by atoms with Crippen LogP contribution in [0.4, 0.5) is 5.69 Å². The summed E-state index contributed by atoms with van der Waals surface area (Å²) >= 11 is 1.90. The van der Waals surface area contributed by atoms with Crippen LogP contribution in [-0.2, 0) is 19.1 Å². The molecule has 1 aliphatic rings. The number of anilines is 1. The zero-order chi connectivity index (χ0) is 22.9. The van der Waals surface area contributed by atoms with Gasteiger partial charge in [-0.25, -0.2) is 4.79 Å². The number of nitrogens with one attached hydrogen (secondary N) is 3. The molecule has 0 aliphatic carbocycles. The molecular formula is C22H33N3O5S. The van der Waals surface area contributed by atoms with Crippen molar-refractivity contribution in [2.45, 2.75) is 56.7 Å². The first-order valence-corrected chi connectivity index (χ1v) is 11.5. The normalized spacial score (nSPS) is 18.1. The Morgan fingerprint density at radius 3 is 2.42 bits per heavy atom. The second-order valence-corrected chi connectivity index (χ2v) is 9.63. The van der Waals surface area contributed by atoms with Crippen LogP contribution in [-0.4, -0.2) is 60.3 Å². The minimum Gasteiger partial charge on any atom is -0.466 e. The third kappa shape index (κ3) is 8.41. The largest absolute Gasteiger partial charge is 0.466 e. The molecule has 0 radical (unpaired) electrons. The average molecular weight is 452 g/mol. The molecule has 1 unspecified atom stereocenters. The van der Waals surface area contributed by atoms with Crippen molar-refractivity contribution in [1.29, 1.82) is 0 Å². The molecule has 9 heteroatoms. The molecule has 2 rings (SSSR count). The maximum atomic E-state index is 12.6. The zero-order valence-corrected chi connectivity index (χ0v) is 19.5. The summed E-state index contributed by atoms with van der Waals surface area (Å²) in [5.74, 6) is -1.38. The molecule has 3 N–H and O–H groups in total. The summed E-state index contributed by atoms with van der Waals surface area (Å²) < 4.78 is 9.91. The van der Waals surface area contributed by atoms with Gasteiger partial charge in [0.2, 0.25) is 0 Å². The molecule has 1 aromatic carbocycles. The number of hydrogen-bond donors (Lipinski definition) is 3. The van der Waals surface area contributed by atoms with Gasteiger partial charge in [0.1, 0.15) is 6.04 Å². The second-order valence-electron chi connectivity index (χ2n) is 7.71. The molecule has 1 aliphatic heterocycles. The number of ether oxygens (including phenoxy) is 2. The number of amides is 1. The van der Waals surface area contributed by atoms with E-state index in [2.05, 4.69) is 29.8 Å². The molecule has 8 nitrogen and oxygen atoms in total. The van der Waals surface area contributed by atoms with Gasteiger partial charge in [0.25, 0.3) is 5.91 Å². The van der Waals surface area contributed by atoms with Gasteiger partial charge in [0.15, 0.2) is 0 Å². The van der Waals surface area contributed by atoms with Gasteiger partial charge in [0, 0.05) is 36.0 Å². The smallest absolute Gasteiger partial charge is 0.328 e. The maximum Gasteiger partial charge on any atom is 0.328 e. The van der Waals surface area contributed by atoms with Crippen molar-refractivity contribution in [3.05, 3.63) is 29.8 Å². The van der Waals surface area contributed by atoms with Crippen LogP contribution in [0.15, 0.2) is 24.3 Å². The summed E-state index contributed by atoms with van der Waals surface area (Å²) in [6.07, 6.45) is 0.137. The fraction of sp³-hybridized carbons (Fsp3) is 0.591. The van der Waals surface area contributed by atoms with Crippen molar-refractivity contribution in [3.8, 4) is 0 Å². The maximum absolute atomic E-state index is 12.6. The lowest BCUT2D eigenvalue weighted by Crippen LogP contribution is -2.42. The van der Waals surface area contributed by atoms with Crippen LogP contribution in [0.1, 0.15) is 50.9 Å². The van der Waals surface area contributed by atoms with Gasteiger partial charge >= 0.3 is 11.9 Å². The Morgan fingerprint density at radius 2 is 1.84 bits per heavy atom. The zero-order valence-electron chi connectivity index (χ0n) is 18.7. The van der Waals surface area contributed by atoms with E-state index >= 15 is 0 Å². The van der Waals surface area contributed by atoms with Crippen LogP contribution >= 0.6 is 11.8 Å². The molecule has 1 amide bonds. The molecule has 1 fully saturated rings. The van der Waals surface area contributed by atoms with Gasteiger partial charge in [-0.1, -0.05) is 0 Å². The molecule has 0 saturated carbocycles. The Bertz CT molecular complexity index is 754. The van der Waals surface area contributed by atoms with E-state index in [1.807, 2.05) is 23.9 Å². The lowest BCUT2D eigenvalue weighted by molar-refractivity contribution is -0.146. The summed E-state index contributed by atoms with van der Waals surface area (Å²) in [5, 5.41) is 10.0. The van der Waals surface area contributed by atoms with Crippen LogP contribution in [0.3, 0.4) is 0 Å². The Hall–Kier alpha value is -2.26. The quantitative estimate of drug-likeness (QED) is 0.441. The molecular weight excluding hydrogens is 418 g/mol. The first-order valence-electron chi connectivity index (χ1n) is 10.6. The van der Waals surface area contributed by atoms with Gasteiger partial charge in [0.05, 0.1) is 18.1 Å². The fourth-order valence-electron chi connectivity index (χ4n) is 3.17. The summed E-state index contributed by atoms with van der Waals surface area (Å²) in [4.78, 5) is 36.5. The molecule has 1 heterocycles. The Balaban J connectivity index is 1.90. The molecule has 2 atom stereocenters. The van der Waals surface area contributed by atoms with E-state index in [9.17, 15) is 14.4 Å². The molecule has 0 spiro atoms. The van der Waals surface area contributed by atoms with Crippen molar-refractivity contribution in [1.82, 2.24) is 10.6 Å². The molecule has 172 valence electrons. The van der Waals surface area contributed by atoms with Crippen molar-refractivity contribution >= 4 is 35.3 Å².